The average molecular weight is 450 g/mol. The summed E-state index contributed by atoms with van der Waals surface area (Å²) in [6.45, 7) is 0.885. The zero-order chi connectivity index (χ0) is 15.6. The second kappa shape index (κ2) is 6.73. The van der Waals surface area contributed by atoms with Gasteiger partial charge in [-0.15, -0.1) is 0 Å². The van der Waals surface area contributed by atoms with Crippen molar-refractivity contribution in [2.45, 2.75) is 6.54 Å². The van der Waals surface area contributed by atoms with Crippen LogP contribution in [-0.4, -0.2) is 33.6 Å². The molecule has 23 heavy (non-hydrogen) atoms. The molecule has 0 saturated heterocycles. The van der Waals surface area contributed by atoms with Gasteiger partial charge in [0.15, 0.2) is 0 Å². The molecule has 0 unspecified atom stereocenters. The predicted octanol–water partition coefficient (Wildman–Crippen LogP) is 4.64. The molecule has 0 bridgehead atoms. The van der Waals surface area contributed by atoms with E-state index in [1.54, 1.807) is 0 Å². The fourth-order valence-electron chi connectivity index (χ4n) is 2.69. The molecule has 1 nitrogen and oxygen atoms in total. The fourth-order valence-corrected chi connectivity index (χ4v) is 6.00. The third-order valence-electron chi connectivity index (χ3n) is 3.78. The molecule has 0 aliphatic rings. The quantitative estimate of drug-likeness (QED) is 0.400. The Morgan fingerprint density at radius 3 is 1.78 bits per heavy atom. The van der Waals surface area contributed by atoms with Gasteiger partial charge in [-0.1, -0.05) is 0 Å². The van der Waals surface area contributed by atoms with Gasteiger partial charge in [0.2, 0.25) is 0 Å². The number of hydrogen-bond donors (Lipinski definition) is 0. The van der Waals surface area contributed by atoms with Crippen molar-refractivity contribution in [3.8, 4) is 20.3 Å². The van der Waals surface area contributed by atoms with Crippen LogP contribution in [-0.2, 0) is 6.54 Å². The Labute approximate surface area is 152 Å². The van der Waals surface area contributed by atoms with Crippen molar-refractivity contribution in [3.63, 3.8) is 0 Å². The Balaban J connectivity index is 1.81. The molecule has 0 amide bonds. The molecule has 0 spiro atoms. The number of hydrogen-bond acceptors (Lipinski definition) is 0. The van der Waals surface area contributed by atoms with Crippen molar-refractivity contribution in [2.24, 2.45) is 0 Å². The first-order valence-electron chi connectivity index (χ1n) is 7.33. The summed E-state index contributed by atoms with van der Waals surface area (Å²) in [5.74, 6) is 0. The summed E-state index contributed by atoms with van der Waals surface area (Å²) in [6.07, 6.45) is 0. The molecule has 4 aromatic rings. The monoisotopic (exact) mass is 451 g/mol. The first-order valence-corrected chi connectivity index (χ1v) is 11.4. The summed E-state index contributed by atoms with van der Waals surface area (Å²) in [6, 6.07) is 21.6. The minimum atomic E-state index is 0.445. The van der Waals surface area contributed by atoms with Crippen LogP contribution in [0, 0.1) is 0 Å². The number of aromatic nitrogens is 1. The van der Waals surface area contributed by atoms with Crippen molar-refractivity contribution >= 4 is 40.6 Å². The Morgan fingerprint density at radius 1 is 0.739 bits per heavy atom. The molecule has 0 radical (unpaired) electrons. The fraction of sp³-hybridized carbons (Fsp3) is 0.0526. The van der Waals surface area contributed by atoms with E-state index in [1.165, 1.54) is 25.8 Å². The Kier molecular flexibility index (Phi) is 4.48. The second-order valence-electron chi connectivity index (χ2n) is 5.27. The van der Waals surface area contributed by atoms with Crippen molar-refractivity contribution in [1.29, 1.82) is 0 Å². The molecule has 0 saturated carbocycles. The summed E-state index contributed by atoms with van der Waals surface area (Å²) < 4.78 is 5.37. The summed E-state index contributed by atoms with van der Waals surface area (Å²) in [5, 5.41) is 0.791. The van der Waals surface area contributed by atoms with Crippen LogP contribution in [0.2, 0.25) is 5.02 Å². The molecule has 3 heterocycles. The Bertz CT molecular complexity index is 836. The standard InChI is InChI=1S/C19H14ClNSe2/c20-15-7-5-14(6-8-15)13-21-16(18-3-1-11-22-18)9-10-17(21)19-4-2-12-23-19/h1-12H,13H2. The van der Waals surface area contributed by atoms with E-state index in [-0.39, 0.29) is 0 Å². The maximum atomic E-state index is 6.03. The van der Waals surface area contributed by atoms with Crippen molar-refractivity contribution < 1.29 is 0 Å². The molecule has 0 aliphatic heterocycles. The van der Waals surface area contributed by atoms with E-state index >= 15 is 0 Å². The average Bonchev–Trinajstić information content (AvgIpc) is 3.30. The molecular weight excluding hydrogens is 436 g/mol. The van der Waals surface area contributed by atoms with Crippen LogP contribution in [0.5, 0.6) is 0 Å². The summed E-state index contributed by atoms with van der Waals surface area (Å²) in [4.78, 5) is 4.56. The van der Waals surface area contributed by atoms with Crippen LogP contribution in [0.25, 0.3) is 20.3 Å². The van der Waals surface area contributed by atoms with E-state index in [9.17, 15) is 0 Å². The molecule has 0 fully saturated rings. The molecule has 0 atom stereocenters. The van der Waals surface area contributed by atoms with Crippen LogP contribution in [0.4, 0.5) is 0 Å². The van der Waals surface area contributed by atoms with Crippen molar-refractivity contribution in [2.75, 3.05) is 0 Å². The van der Waals surface area contributed by atoms with Crippen molar-refractivity contribution in [1.82, 2.24) is 4.57 Å². The number of rotatable bonds is 4. The van der Waals surface area contributed by atoms with Gasteiger partial charge in [0.25, 0.3) is 0 Å². The summed E-state index contributed by atoms with van der Waals surface area (Å²) in [7, 11) is 0. The van der Waals surface area contributed by atoms with Crippen LogP contribution < -0.4 is 0 Å². The Morgan fingerprint density at radius 2 is 1.30 bits per heavy atom. The van der Waals surface area contributed by atoms with Crippen molar-refractivity contribution in [3.05, 3.63) is 81.1 Å². The number of benzene rings is 1. The minimum absolute atomic E-state index is 0.445. The third-order valence-corrected chi connectivity index (χ3v) is 7.78. The van der Waals surface area contributed by atoms with E-state index in [0.717, 1.165) is 11.6 Å². The normalized spacial score (nSPS) is 11.0. The zero-order valence-corrected chi connectivity index (χ0v) is 16.5. The zero-order valence-electron chi connectivity index (χ0n) is 12.3. The first-order chi connectivity index (χ1) is 11.3. The van der Waals surface area contributed by atoms with E-state index in [2.05, 4.69) is 63.0 Å². The van der Waals surface area contributed by atoms with Gasteiger partial charge >= 0.3 is 153 Å². The van der Waals surface area contributed by atoms with Crippen LogP contribution in [0.1, 0.15) is 5.56 Å². The van der Waals surface area contributed by atoms with E-state index in [1.807, 2.05) is 12.1 Å². The van der Waals surface area contributed by atoms with E-state index < -0.39 is 0 Å². The van der Waals surface area contributed by atoms with Gasteiger partial charge in [0, 0.05) is 0 Å². The van der Waals surface area contributed by atoms with Crippen LogP contribution in [0.3, 0.4) is 0 Å². The molecule has 4 rings (SSSR count). The second-order valence-corrected chi connectivity index (χ2v) is 9.68. The SMILES string of the molecule is Clc1ccc(Cn2c(-c3ccc[se]3)ccc2-c2ccc[se]2)cc1. The number of nitrogens with zero attached hydrogens (tertiary/aromatic N) is 1. The van der Waals surface area contributed by atoms with Gasteiger partial charge in [-0.3, -0.25) is 0 Å². The van der Waals surface area contributed by atoms with Gasteiger partial charge in [-0.2, -0.15) is 0 Å². The van der Waals surface area contributed by atoms with Gasteiger partial charge in [0.05, 0.1) is 0 Å². The van der Waals surface area contributed by atoms with Gasteiger partial charge < -0.3 is 0 Å². The van der Waals surface area contributed by atoms with Crippen LogP contribution in [0.15, 0.2) is 70.5 Å². The first kappa shape index (κ1) is 15.3. The molecule has 114 valence electrons. The molecule has 3 aromatic heterocycles. The molecule has 0 N–H and O–H groups in total. The topological polar surface area (TPSA) is 4.93 Å². The predicted molar refractivity (Wildman–Crippen MR) is 99.7 cm³/mol. The summed E-state index contributed by atoms with van der Waals surface area (Å²) >= 11 is 6.92. The van der Waals surface area contributed by atoms with Gasteiger partial charge in [-0.05, 0) is 0 Å². The molecule has 1 aromatic carbocycles. The Hall–Kier alpha value is -1.21. The van der Waals surface area contributed by atoms with Gasteiger partial charge in [-0.25, -0.2) is 0 Å². The maximum absolute atomic E-state index is 6.03. The molecule has 0 aliphatic carbocycles. The van der Waals surface area contributed by atoms with Crippen LogP contribution >= 0.6 is 11.6 Å². The third kappa shape index (κ3) is 3.21. The summed E-state index contributed by atoms with van der Waals surface area (Å²) in [5.41, 5.74) is 3.98. The molecular formula is C19H14ClNSe2. The molecule has 4 heteroatoms. The number of halogens is 1. The van der Waals surface area contributed by atoms with Gasteiger partial charge in [0.1, 0.15) is 0 Å². The van der Waals surface area contributed by atoms with E-state index in [0.29, 0.717) is 29.0 Å². The van der Waals surface area contributed by atoms with E-state index in [4.69, 9.17) is 11.6 Å².